The lowest BCUT2D eigenvalue weighted by Crippen LogP contribution is -2.16. The van der Waals surface area contributed by atoms with Crippen LogP contribution in [0.3, 0.4) is 0 Å². The Morgan fingerprint density at radius 2 is 2.30 bits per heavy atom. The van der Waals surface area contributed by atoms with E-state index < -0.39 is 4.92 Å². The van der Waals surface area contributed by atoms with E-state index in [4.69, 9.17) is 0 Å². The third-order valence-electron chi connectivity index (χ3n) is 2.67. The second-order valence-electron chi connectivity index (χ2n) is 3.86. The lowest BCUT2D eigenvalue weighted by molar-refractivity contribution is -0.385. The van der Waals surface area contributed by atoms with E-state index in [2.05, 4.69) is 10.2 Å². The molecule has 0 bridgehead atoms. The highest BCUT2D eigenvalue weighted by molar-refractivity contribution is 7.99. The van der Waals surface area contributed by atoms with Gasteiger partial charge in [0.25, 0.3) is 5.69 Å². The molecule has 0 atom stereocenters. The van der Waals surface area contributed by atoms with Crippen LogP contribution in [0.4, 0.5) is 5.69 Å². The number of aliphatic hydroxyl groups excluding tert-OH is 1. The normalized spacial score (nSPS) is 10.7. The number of nitro benzene ring substituents is 1. The summed E-state index contributed by atoms with van der Waals surface area (Å²) >= 11 is 1.17. The molecule has 0 saturated carbocycles. The molecule has 1 aromatic carbocycles. The fourth-order valence-corrected chi connectivity index (χ4v) is 2.66. The molecule has 2 rings (SSSR count). The molecule has 0 aliphatic heterocycles. The molecular formula is C11H12N4O4S. The van der Waals surface area contributed by atoms with Crippen LogP contribution in [-0.2, 0) is 13.2 Å². The minimum atomic E-state index is -0.524. The van der Waals surface area contributed by atoms with Crippen molar-refractivity contribution >= 4 is 17.4 Å². The molecule has 1 heterocycles. The Morgan fingerprint density at radius 1 is 1.55 bits per heavy atom. The highest BCUT2D eigenvalue weighted by atomic mass is 32.2. The monoisotopic (exact) mass is 296 g/mol. The van der Waals surface area contributed by atoms with Gasteiger partial charge in [-0.3, -0.25) is 14.7 Å². The van der Waals surface area contributed by atoms with Crippen LogP contribution in [0.25, 0.3) is 0 Å². The van der Waals surface area contributed by atoms with Crippen molar-refractivity contribution in [1.82, 2.24) is 14.8 Å². The minimum absolute atomic E-state index is 0.0895. The Hall–Kier alpha value is -2.13. The van der Waals surface area contributed by atoms with Crippen LogP contribution < -0.4 is 5.69 Å². The zero-order valence-corrected chi connectivity index (χ0v) is 11.4. The summed E-state index contributed by atoms with van der Waals surface area (Å²) < 4.78 is 1.44. The summed E-state index contributed by atoms with van der Waals surface area (Å²) in [6.45, 7) is 1.94. The van der Waals surface area contributed by atoms with Crippen LogP contribution in [0.2, 0.25) is 0 Å². The maximum Gasteiger partial charge on any atom is 0.343 e. The van der Waals surface area contributed by atoms with Crippen LogP contribution in [0.5, 0.6) is 0 Å². The maximum atomic E-state index is 11.5. The average molecular weight is 296 g/mol. The van der Waals surface area contributed by atoms with E-state index in [1.54, 1.807) is 0 Å². The van der Waals surface area contributed by atoms with Crippen molar-refractivity contribution < 1.29 is 10.0 Å². The predicted octanol–water partition coefficient (Wildman–Crippen LogP) is 1.14. The van der Waals surface area contributed by atoms with E-state index in [0.717, 1.165) is 0 Å². The molecule has 0 radical (unpaired) electrons. The number of aromatic amines is 1. The largest absolute Gasteiger partial charge is 0.392 e. The molecule has 2 aromatic rings. The smallest absolute Gasteiger partial charge is 0.343 e. The molecule has 0 aliphatic carbocycles. The van der Waals surface area contributed by atoms with Gasteiger partial charge >= 0.3 is 5.69 Å². The Balaban J connectivity index is 2.38. The van der Waals surface area contributed by atoms with E-state index in [-0.39, 0.29) is 18.0 Å². The Bertz CT molecular complexity index is 694. The Kier molecular flexibility index (Phi) is 4.20. The van der Waals surface area contributed by atoms with Crippen LogP contribution >= 0.6 is 11.8 Å². The third-order valence-corrected chi connectivity index (χ3v) is 3.78. The van der Waals surface area contributed by atoms with Gasteiger partial charge in [0.2, 0.25) is 0 Å². The molecule has 0 fully saturated rings. The molecule has 0 unspecified atom stereocenters. The molecule has 2 N–H and O–H groups in total. The van der Waals surface area contributed by atoms with E-state index in [1.807, 2.05) is 6.92 Å². The number of nitrogens with one attached hydrogen (secondary N) is 1. The first kappa shape index (κ1) is 14.3. The molecule has 20 heavy (non-hydrogen) atoms. The number of benzene rings is 1. The van der Waals surface area contributed by atoms with Crippen molar-refractivity contribution in [3.63, 3.8) is 0 Å². The van der Waals surface area contributed by atoms with Gasteiger partial charge in [0.1, 0.15) is 0 Å². The summed E-state index contributed by atoms with van der Waals surface area (Å²) in [5.74, 6) is 0. The number of nitro groups is 1. The van der Waals surface area contributed by atoms with Gasteiger partial charge in [0.15, 0.2) is 5.16 Å². The number of nitrogens with zero attached hydrogens (tertiary/aromatic N) is 3. The molecular weight excluding hydrogens is 284 g/mol. The van der Waals surface area contributed by atoms with Gasteiger partial charge in [-0.15, -0.1) is 5.10 Å². The second kappa shape index (κ2) is 5.88. The number of aliphatic hydroxyl groups is 1. The quantitative estimate of drug-likeness (QED) is 0.631. The van der Waals surface area contributed by atoms with Gasteiger partial charge in [-0.25, -0.2) is 9.89 Å². The van der Waals surface area contributed by atoms with Crippen LogP contribution in [0.1, 0.15) is 12.5 Å². The zero-order chi connectivity index (χ0) is 14.7. The Morgan fingerprint density at radius 3 is 2.90 bits per heavy atom. The fraction of sp³-hybridized carbons (Fsp3) is 0.273. The fourth-order valence-electron chi connectivity index (χ4n) is 1.66. The average Bonchev–Trinajstić information content (AvgIpc) is 2.79. The molecule has 0 spiro atoms. The van der Waals surface area contributed by atoms with Gasteiger partial charge in [0, 0.05) is 23.6 Å². The number of rotatable bonds is 5. The standard InChI is InChI=1S/C11H12N4O4S/c1-2-14-10(17)12-13-11(14)20-9-4-3-8(15(18)19)5-7(9)6-16/h3-5,16H,2,6H2,1H3,(H,12,17). The van der Waals surface area contributed by atoms with Crippen LogP contribution in [0, 0.1) is 10.1 Å². The topological polar surface area (TPSA) is 114 Å². The van der Waals surface area contributed by atoms with E-state index >= 15 is 0 Å². The van der Waals surface area contributed by atoms with Gasteiger partial charge in [-0.1, -0.05) is 0 Å². The molecule has 106 valence electrons. The molecule has 0 amide bonds. The lowest BCUT2D eigenvalue weighted by atomic mass is 10.2. The summed E-state index contributed by atoms with van der Waals surface area (Å²) in [5.41, 5.74) is 0.0121. The van der Waals surface area contributed by atoms with Gasteiger partial charge in [-0.05, 0) is 30.3 Å². The maximum absolute atomic E-state index is 11.5. The molecule has 8 nitrogen and oxygen atoms in total. The Labute approximate surface area is 117 Å². The lowest BCUT2D eigenvalue weighted by Gasteiger charge is -2.06. The van der Waals surface area contributed by atoms with Crippen LogP contribution in [0.15, 0.2) is 33.0 Å². The third kappa shape index (κ3) is 2.73. The van der Waals surface area contributed by atoms with Gasteiger partial charge in [-0.2, -0.15) is 0 Å². The number of aromatic nitrogens is 3. The zero-order valence-electron chi connectivity index (χ0n) is 10.6. The molecule has 9 heteroatoms. The molecule has 0 aliphatic rings. The van der Waals surface area contributed by atoms with Crippen molar-refractivity contribution in [1.29, 1.82) is 0 Å². The summed E-state index contributed by atoms with van der Waals surface area (Å²) in [5, 5.41) is 26.7. The molecule has 0 saturated heterocycles. The molecule has 1 aromatic heterocycles. The number of non-ortho nitro benzene ring substituents is 1. The summed E-state index contributed by atoms with van der Waals surface area (Å²) in [4.78, 5) is 22.2. The van der Waals surface area contributed by atoms with Crippen molar-refractivity contribution in [2.24, 2.45) is 0 Å². The van der Waals surface area contributed by atoms with Crippen molar-refractivity contribution in [2.45, 2.75) is 30.1 Å². The first-order chi connectivity index (χ1) is 9.56. The van der Waals surface area contributed by atoms with Gasteiger partial charge in [0.05, 0.1) is 11.5 Å². The highest BCUT2D eigenvalue weighted by Gasteiger charge is 2.14. The van der Waals surface area contributed by atoms with Crippen molar-refractivity contribution in [2.75, 3.05) is 0 Å². The van der Waals surface area contributed by atoms with Gasteiger partial charge < -0.3 is 5.11 Å². The SMILES string of the molecule is CCn1c(Sc2ccc([N+](=O)[O-])cc2CO)n[nH]c1=O. The van der Waals surface area contributed by atoms with Crippen LogP contribution in [-0.4, -0.2) is 24.8 Å². The first-order valence-corrected chi connectivity index (χ1v) is 6.59. The van der Waals surface area contributed by atoms with Crippen molar-refractivity contribution in [3.8, 4) is 0 Å². The van der Waals surface area contributed by atoms with E-state index in [0.29, 0.717) is 22.2 Å². The van der Waals surface area contributed by atoms with E-state index in [1.165, 1.54) is 34.5 Å². The first-order valence-electron chi connectivity index (χ1n) is 5.78. The number of hydrogen-bond donors (Lipinski definition) is 2. The van der Waals surface area contributed by atoms with Crippen molar-refractivity contribution in [3.05, 3.63) is 44.4 Å². The minimum Gasteiger partial charge on any atom is -0.392 e. The summed E-state index contributed by atoms with van der Waals surface area (Å²) in [6.07, 6.45) is 0. The highest BCUT2D eigenvalue weighted by Crippen LogP contribution is 2.30. The predicted molar refractivity (Wildman–Crippen MR) is 71.7 cm³/mol. The summed E-state index contributed by atoms with van der Waals surface area (Å²) in [7, 11) is 0. The van der Waals surface area contributed by atoms with E-state index in [9.17, 15) is 20.0 Å². The second-order valence-corrected chi connectivity index (χ2v) is 4.87. The summed E-state index contributed by atoms with van der Waals surface area (Å²) in [6, 6.07) is 4.19. The number of hydrogen-bond acceptors (Lipinski definition) is 6. The number of H-pyrrole nitrogens is 1.